The largest absolute Gasteiger partial charge is 0.480 e. The van der Waals surface area contributed by atoms with Crippen LogP contribution in [-0.4, -0.2) is 44.9 Å². The molecule has 2 heterocycles. The lowest BCUT2D eigenvalue weighted by Crippen LogP contribution is -2.38. The first-order chi connectivity index (χ1) is 12.1. The first-order valence-electron chi connectivity index (χ1n) is 8.08. The third-order valence-electron chi connectivity index (χ3n) is 4.07. The summed E-state index contributed by atoms with van der Waals surface area (Å²) >= 11 is 0. The molecule has 2 N–H and O–H groups in total. The number of rotatable bonds is 7. The second-order valence-corrected chi connectivity index (χ2v) is 5.83. The standard InChI is InChI=1S/C19H19N3O3/c23-17(11-15-12-21-19-16(15)7-4-9-20-19)22(13-18(24)25)10-8-14-5-2-1-3-6-14/h1-7,9,12H,8,10-11,13H2,(H,20,21)(H,24,25). The summed E-state index contributed by atoms with van der Waals surface area (Å²) in [5, 5.41) is 10.0. The van der Waals surface area contributed by atoms with Crippen LogP contribution < -0.4 is 0 Å². The Morgan fingerprint density at radius 3 is 2.68 bits per heavy atom. The Balaban J connectivity index is 1.71. The zero-order chi connectivity index (χ0) is 17.6. The van der Waals surface area contributed by atoms with Gasteiger partial charge in [0.25, 0.3) is 0 Å². The molecule has 0 unspecified atom stereocenters. The van der Waals surface area contributed by atoms with E-state index in [9.17, 15) is 9.59 Å². The van der Waals surface area contributed by atoms with Crippen molar-refractivity contribution in [2.75, 3.05) is 13.1 Å². The van der Waals surface area contributed by atoms with Crippen molar-refractivity contribution in [2.24, 2.45) is 0 Å². The average molecular weight is 337 g/mol. The Hall–Kier alpha value is -3.15. The number of H-pyrrole nitrogens is 1. The topological polar surface area (TPSA) is 86.3 Å². The molecule has 0 saturated heterocycles. The maximum Gasteiger partial charge on any atom is 0.323 e. The van der Waals surface area contributed by atoms with E-state index in [4.69, 9.17) is 5.11 Å². The SMILES string of the molecule is O=C(O)CN(CCc1ccccc1)C(=O)Cc1c[nH]c2ncccc12. The molecule has 3 aromatic rings. The summed E-state index contributed by atoms with van der Waals surface area (Å²) < 4.78 is 0. The second-order valence-electron chi connectivity index (χ2n) is 5.83. The van der Waals surface area contributed by atoms with Gasteiger partial charge in [0, 0.05) is 24.3 Å². The lowest BCUT2D eigenvalue weighted by atomic mass is 10.1. The molecule has 1 aromatic carbocycles. The number of aromatic amines is 1. The molecule has 0 bridgehead atoms. The number of hydrogen-bond acceptors (Lipinski definition) is 3. The highest BCUT2D eigenvalue weighted by Crippen LogP contribution is 2.17. The minimum Gasteiger partial charge on any atom is -0.480 e. The molecule has 128 valence electrons. The van der Waals surface area contributed by atoms with Gasteiger partial charge in [0.15, 0.2) is 0 Å². The van der Waals surface area contributed by atoms with Gasteiger partial charge in [-0.1, -0.05) is 30.3 Å². The fourth-order valence-corrected chi connectivity index (χ4v) is 2.80. The smallest absolute Gasteiger partial charge is 0.323 e. The number of fused-ring (bicyclic) bond motifs is 1. The summed E-state index contributed by atoms with van der Waals surface area (Å²) in [5.41, 5.74) is 2.62. The van der Waals surface area contributed by atoms with Crippen LogP contribution in [0.25, 0.3) is 11.0 Å². The molecule has 6 heteroatoms. The predicted molar refractivity (Wildman–Crippen MR) is 94.2 cm³/mol. The highest BCUT2D eigenvalue weighted by atomic mass is 16.4. The van der Waals surface area contributed by atoms with E-state index in [0.29, 0.717) is 13.0 Å². The van der Waals surface area contributed by atoms with Crippen molar-refractivity contribution >= 4 is 22.9 Å². The highest BCUT2D eigenvalue weighted by molar-refractivity contribution is 5.88. The van der Waals surface area contributed by atoms with Crippen molar-refractivity contribution in [2.45, 2.75) is 12.8 Å². The van der Waals surface area contributed by atoms with E-state index in [1.807, 2.05) is 42.5 Å². The third-order valence-corrected chi connectivity index (χ3v) is 4.07. The van der Waals surface area contributed by atoms with Crippen molar-refractivity contribution < 1.29 is 14.7 Å². The molecule has 0 aliphatic carbocycles. The van der Waals surface area contributed by atoms with Crippen LogP contribution in [-0.2, 0) is 22.4 Å². The molecule has 0 radical (unpaired) electrons. The molecule has 1 amide bonds. The number of nitrogens with zero attached hydrogens (tertiary/aromatic N) is 2. The van der Waals surface area contributed by atoms with Gasteiger partial charge in [-0.3, -0.25) is 9.59 Å². The number of pyridine rings is 1. The summed E-state index contributed by atoms with van der Waals surface area (Å²) in [6.07, 6.45) is 4.20. The Labute approximate surface area is 145 Å². The lowest BCUT2D eigenvalue weighted by Gasteiger charge is -2.20. The first kappa shape index (κ1) is 16.7. The van der Waals surface area contributed by atoms with Crippen LogP contribution in [0.3, 0.4) is 0 Å². The van der Waals surface area contributed by atoms with Crippen LogP contribution in [0.15, 0.2) is 54.9 Å². The second kappa shape index (κ2) is 7.61. The quantitative estimate of drug-likeness (QED) is 0.692. The Bertz CT molecular complexity index is 874. The number of hydrogen-bond donors (Lipinski definition) is 2. The van der Waals surface area contributed by atoms with Crippen LogP contribution in [0.1, 0.15) is 11.1 Å². The summed E-state index contributed by atoms with van der Waals surface area (Å²) in [6, 6.07) is 13.4. The fraction of sp³-hybridized carbons (Fsp3) is 0.211. The number of carboxylic acid groups (broad SMARTS) is 1. The molecule has 0 aliphatic heterocycles. The van der Waals surface area contributed by atoms with Crippen molar-refractivity contribution in [3.05, 3.63) is 66.0 Å². The third kappa shape index (κ3) is 4.23. The van der Waals surface area contributed by atoms with E-state index in [2.05, 4.69) is 9.97 Å². The fourth-order valence-electron chi connectivity index (χ4n) is 2.80. The van der Waals surface area contributed by atoms with E-state index in [1.165, 1.54) is 4.90 Å². The van der Waals surface area contributed by atoms with Gasteiger partial charge < -0.3 is 15.0 Å². The predicted octanol–water partition coefficient (Wildman–Crippen LogP) is 2.26. The highest BCUT2D eigenvalue weighted by Gasteiger charge is 2.18. The lowest BCUT2D eigenvalue weighted by molar-refractivity contribution is -0.144. The van der Waals surface area contributed by atoms with E-state index in [1.54, 1.807) is 12.4 Å². The van der Waals surface area contributed by atoms with Crippen LogP contribution >= 0.6 is 0 Å². The monoisotopic (exact) mass is 337 g/mol. The van der Waals surface area contributed by atoms with Gasteiger partial charge in [0.05, 0.1) is 6.42 Å². The molecule has 0 fully saturated rings. The van der Waals surface area contributed by atoms with Crippen LogP contribution in [0, 0.1) is 0 Å². The number of aromatic nitrogens is 2. The Morgan fingerprint density at radius 2 is 1.92 bits per heavy atom. The van der Waals surface area contributed by atoms with Gasteiger partial charge in [0.1, 0.15) is 12.2 Å². The van der Waals surface area contributed by atoms with Crippen molar-refractivity contribution in [1.29, 1.82) is 0 Å². The van der Waals surface area contributed by atoms with Gasteiger partial charge in [-0.05, 0) is 29.7 Å². The minimum atomic E-state index is -1.01. The average Bonchev–Trinajstić information content (AvgIpc) is 3.02. The summed E-state index contributed by atoms with van der Waals surface area (Å²) in [4.78, 5) is 32.4. The molecular formula is C19H19N3O3. The van der Waals surface area contributed by atoms with Crippen molar-refractivity contribution in [3.63, 3.8) is 0 Å². The molecule has 0 spiro atoms. The molecular weight excluding hydrogens is 318 g/mol. The summed E-state index contributed by atoms with van der Waals surface area (Å²) in [6.45, 7) is 0.0715. The number of aliphatic carboxylic acids is 1. The van der Waals surface area contributed by atoms with Crippen LogP contribution in [0.2, 0.25) is 0 Å². The minimum absolute atomic E-state index is 0.147. The Morgan fingerprint density at radius 1 is 1.12 bits per heavy atom. The summed E-state index contributed by atoms with van der Waals surface area (Å²) in [7, 11) is 0. The number of nitrogens with one attached hydrogen (secondary N) is 1. The molecule has 2 aromatic heterocycles. The summed E-state index contributed by atoms with van der Waals surface area (Å²) in [5.74, 6) is -1.22. The zero-order valence-corrected chi connectivity index (χ0v) is 13.7. The van der Waals surface area contributed by atoms with Gasteiger partial charge in [-0.2, -0.15) is 0 Å². The molecule has 25 heavy (non-hydrogen) atoms. The number of benzene rings is 1. The maximum atomic E-state index is 12.6. The van der Waals surface area contributed by atoms with Gasteiger partial charge in [-0.15, -0.1) is 0 Å². The molecule has 3 rings (SSSR count). The Kier molecular flexibility index (Phi) is 5.09. The zero-order valence-electron chi connectivity index (χ0n) is 13.7. The van der Waals surface area contributed by atoms with Gasteiger partial charge >= 0.3 is 5.97 Å². The van der Waals surface area contributed by atoms with Crippen molar-refractivity contribution in [3.8, 4) is 0 Å². The van der Waals surface area contributed by atoms with Crippen LogP contribution in [0.4, 0.5) is 0 Å². The first-order valence-corrected chi connectivity index (χ1v) is 8.08. The number of amides is 1. The number of carboxylic acids is 1. The van der Waals surface area contributed by atoms with E-state index in [0.717, 1.165) is 22.2 Å². The number of carbonyl (C=O) groups excluding carboxylic acids is 1. The van der Waals surface area contributed by atoms with E-state index in [-0.39, 0.29) is 18.9 Å². The van der Waals surface area contributed by atoms with Crippen molar-refractivity contribution in [1.82, 2.24) is 14.9 Å². The van der Waals surface area contributed by atoms with Gasteiger partial charge in [-0.25, -0.2) is 4.98 Å². The molecule has 0 aliphatic rings. The molecule has 6 nitrogen and oxygen atoms in total. The van der Waals surface area contributed by atoms with Crippen LogP contribution in [0.5, 0.6) is 0 Å². The normalized spacial score (nSPS) is 10.7. The maximum absolute atomic E-state index is 12.6. The molecule has 0 atom stereocenters. The van der Waals surface area contributed by atoms with E-state index < -0.39 is 5.97 Å². The molecule has 0 saturated carbocycles. The number of carbonyl (C=O) groups is 2. The van der Waals surface area contributed by atoms with E-state index >= 15 is 0 Å². The van der Waals surface area contributed by atoms with Gasteiger partial charge in [0.2, 0.25) is 5.91 Å².